The summed E-state index contributed by atoms with van der Waals surface area (Å²) in [5, 5.41) is 0. The van der Waals surface area contributed by atoms with Crippen LogP contribution in [0.5, 0.6) is 5.75 Å². The molecule has 3 heterocycles. The molecule has 0 fully saturated rings. The average Bonchev–Trinajstić information content (AvgIpc) is 3.58. The predicted molar refractivity (Wildman–Crippen MR) is 158 cm³/mol. The minimum Gasteiger partial charge on any atom is -0.494 e. The number of unbranched alkanes of at least 4 members (excludes halogenated alkanes) is 3. The predicted octanol–water partition coefficient (Wildman–Crippen LogP) is 10.2. The molecular formula is C28H26Br2N2OS2. The molecule has 180 valence electrons. The number of thiophene rings is 2. The van der Waals surface area contributed by atoms with E-state index < -0.39 is 0 Å². The molecule has 0 unspecified atom stereocenters. The molecule has 0 aliphatic heterocycles. The first-order chi connectivity index (χ1) is 17.0. The Labute approximate surface area is 231 Å². The smallest absolute Gasteiger partial charge is 0.140 e. The van der Waals surface area contributed by atoms with Gasteiger partial charge in [-0.2, -0.15) is 0 Å². The summed E-state index contributed by atoms with van der Waals surface area (Å²) in [5.74, 6) is 1.87. The first-order valence-electron chi connectivity index (χ1n) is 11.8. The van der Waals surface area contributed by atoms with Crippen molar-refractivity contribution in [2.24, 2.45) is 7.05 Å². The summed E-state index contributed by atoms with van der Waals surface area (Å²) in [5.41, 5.74) is 5.61. The van der Waals surface area contributed by atoms with Gasteiger partial charge in [0.25, 0.3) is 0 Å². The number of imidazole rings is 1. The lowest BCUT2D eigenvalue weighted by atomic mass is 10.1. The molecule has 7 heteroatoms. The third-order valence-corrected chi connectivity index (χ3v) is 9.39. The number of nitrogens with zero attached hydrogens (tertiary/aromatic N) is 2. The van der Waals surface area contributed by atoms with Gasteiger partial charge in [0.15, 0.2) is 0 Å². The van der Waals surface area contributed by atoms with Gasteiger partial charge in [0, 0.05) is 33.5 Å². The maximum Gasteiger partial charge on any atom is 0.140 e. The number of hydrogen-bond donors (Lipinski definition) is 0. The van der Waals surface area contributed by atoms with Crippen LogP contribution >= 0.6 is 54.5 Å². The van der Waals surface area contributed by atoms with E-state index >= 15 is 0 Å². The van der Waals surface area contributed by atoms with Crippen molar-refractivity contribution in [3.63, 3.8) is 0 Å². The summed E-state index contributed by atoms with van der Waals surface area (Å²) in [7, 11) is 2.11. The highest BCUT2D eigenvalue weighted by Gasteiger charge is 2.20. The standard InChI is InChI=1S/C28H26Br2N2OS2/c1-3-4-5-6-17-33-19-9-7-18(8-10-19)28-31-26-20(22-13-15-24(29)34-22)11-12-21(27(26)32(28)2)23-14-16-25(30)35-23/h7-16H,3-6,17H2,1-2H3. The second-order valence-electron chi connectivity index (χ2n) is 8.49. The zero-order valence-electron chi connectivity index (χ0n) is 19.7. The lowest BCUT2D eigenvalue weighted by Gasteiger charge is -2.09. The van der Waals surface area contributed by atoms with E-state index in [1.807, 2.05) is 0 Å². The molecule has 0 N–H and O–H groups in total. The average molecular weight is 630 g/mol. The summed E-state index contributed by atoms with van der Waals surface area (Å²) in [6, 6.07) is 21.3. The molecular weight excluding hydrogens is 604 g/mol. The van der Waals surface area contributed by atoms with Crippen molar-refractivity contribution in [1.29, 1.82) is 0 Å². The van der Waals surface area contributed by atoms with Crippen LogP contribution in [0.15, 0.2) is 68.2 Å². The minimum atomic E-state index is 0.769. The highest BCUT2D eigenvalue weighted by atomic mass is 79.9. The number of hydrogen-bond acceptors (Lipinski definition) is 4. The Kier molecular flexibility index (Phi) is 7.77. The molecule has 35 heavy (non-hydrogen) atoms. The Morgan fingerprint density at radius 1 is 0.800 bits per heavy atom. The number of ether oxygens (including phenoxy) is 1. The topological polar surface area (TPSA) is 27.1 Å². The molecule has 3 aromatic heterocycles. The number of rotatable bonds is 9. The summed E-state index contributed by atoms with van der Waals surface area (Å²) in [4.78, 5) is 7.62. The number of halogens is 2. The summed E-state index contributed by atoms with van der Waals surface area (Å²) < 4.78 is 10.4. The van der Waals surface area contributed by atoms with Gasteiger partial charge in [-0.1, -0.05) is 38.3 Å². The quantitative estimate of drug-likeness (QED) is 0.152. The van der Waals surface area contributed by atoms with Gasteiger partial charge >= 0.3 is 0 Å². The SMILES string of the molecule is CCCCCCOc1ccc(-c2nc3c(-c4ccc(Br)s4)ccc(-c4ccc(Br)s4)c3n2C)cc1. The van der Waals surface area contributed by atoms with E-state index in [1.54, 1.807) is 22.7 Å². The van der Waals surface area contributed by atoms with Gasteiger partial charge in [-0.15, -0.1) is 22.7 Å². The van der Waals surface area contributed by atoms with Gasteiger partial charge in [-0.3, -0.25) is 0 Å². The van der Waals surface area contributed by atoms with E-state index in [1.165, 1.54) is 34.6 Å². The van der Waals surface area contributed by atoms with Crippen LogP contribution < -0.4 is 4.74 Å². The molecule has 5 aromatic rings. The van der Waals surface area contributed by atoms with Crippen LogP contribution in [0.1, 0.15) is 32.6 Å². The molecule has 5 rings (SSSR count). The first kappa shape index (κ1) is 24.8. The van der Waals surface area contributed by atoms with Gasteiger partial charge < -0.3 is 9.30 Å². The second-order valence-corrected chi connectivity index (χ2v) is 13.4. The van der Waals surface area contributed by atoms with Crippen LogP contribution in [-0.4, -0.2) is 16.2 Å². The van der Waals surface area contributed by atoms with Gasteiger partial charge in [0.1, 0.15) is 11.6 Å². The molecule has 0 spiro atoms. The molecule has 0 amide bonds. The minimum absolute atomic E-state index is 0.769. The van der Waals surface area contributed by atoms with Crippen molar-refractivity contribution in [3.8, 4) is 38.0 Å². The monoisotopic (exact) mass is 628 g/mol. The summed E-state index contributed by atoms with van der Waals surface area (Å²) >= 11 is 10.7. The van der Waals surface area contributed by atoms with Crippen LogP contribution in [0.2, 0.25) is 0 Å². The Balaban J connectivity index is 1.54. The van der Waals surface area contributed by atoms with E-state index in [2.05, 4.69) is 111 Å². The fourth-order valence-corrected chi connectivity index (χ4v) is 7.14. The maximum absolute atomic E-state index is 5.96. The normalized spacial score (nSPS) is 11.4. The molecule has 0 aliphatic rings. The molecule has 0 radical (unpaired) electrons. The van der Waals surface area contributed by atoms with Crippen LogP contribution in [0, 0.1) is 0 Å². The third kappa shape index (κ3) is 5.29. The van der Waals surface area contributed by atoms with Crippen LogP contribution in [-0.2, 0) is 7.05 Å². The van der Waals surface area contributed by atoms with Gasteiger partial charge in [0.2, 0.25) is 0 Å². The highest BCUT2D eigenvalue weighted by molar-refractivity contribution is 9.11. The Morgan fingerprint density at radius 3 is 2.09 bits per heavy atom. The zero-order valence-corrected chi connectivity index (χ0v) is 24.5. The van der Waals surface area contributed by atoms with E-state index in [-0.39, 0.29) is 0 Å². The fraction of sp³-hybridized carbons (Fsp3) is 0.250. The van der Waals surface area contributed by atoms with Gasteiger partial charge in [0.05, 0.1) is 25.2 Å². The molecule has 2 aromatic carbocycles. The number of aryl methyl sites for hydroxylation is 1. The molecule has 0 saturated heterocycles. The maximum atomic E-state index is 5.96. The summed E-state index contributed by atoms with van der Waals surface area (Å²) in [6.07, 6.45) is 4.83. The Hall–Kier alpha value is -1.93. The largest absolute Gasteiger partial charge is 0.494 e. The highest BCUT2D eigenvalue weighted by Crippen LogP contribution is 2.42. The molecule has 0 aliphatic carbocycles. The number of aromatic nitrogens is 2. The van der Waals surface area contributed by atoms with Crippen LogP contribution in [0.4, 0.5) is 0 Å². The van der Waals surface area contributed by atoms with E-state index in [0.29, 0.717) is 0 Å². The lowest BCUT2D eigenvalue weighted by Crippen LogP contribution is -1.97. The summed E-state index contributed by atoms with van der Waals surface area (Å²) in [6.45, 7) is 3.00. The second kappa shape index (κ2) is 11.0. The van der Waals surface area contributed by atoms with Gasteiger partial charge in [-0.25, -0.2) is 4.98 Å². The van der Waals surface area contributed by atoms with Crippen molar-refractivity contribution in [2.45, 2.75) is 32.6 Å². The molecule has 3 nitrogen and oxygen atoms in total. The van der Waals surface area contributed by atoms with E-state index in [9.17, 15) is 0 Å². The van der Waals surface area contributed by atoms with Crippen molar-refractivity contribution in [2.75, 3.05) is 6.61 Å². The Bertz CT molecular complexity index is 1450. The van der Waals surface area contributed by atoms with Crippen molar-refractivity contribution in [3.05, 3.63) is 68.2 Å². The number of benzene rings is 2. The fourth-order valence-electron chi connectivity index (χ4n) is 4.31. The van der Waals surface area contributed by atoms with Crippen molar-refractivity contribution in [1.82, 2.24) is 9.55 Å². The molecule has 0 saturated carbocycles. The van der Waals surface area contributed by atoms with Crippen molar-refractivity contribution >= 4 is 65.6 Å². The van der Waals surface area contributed by atoms with Crippen molar-refractivity contribution < 1.29 is 4.74 Å². The van der Waals surface area contributed by atoms with E-state index in [4.69, 9.17) is 9.72 Å². The van der Waals surface area contributed by atoms with E-state index in [0.717, 1.165) is 54.3 Å². The third-order valence-electron chi connectivity index (χ3n) is 6.08. The first-order valence-corrected chi connectivity index (χ1v) is 15.0. The zero-order chi connectivity index (χ0) is 24.4. The Morgan fingerprint density at radius 2 is 1.46 bits per heavy atom. The van der Waals surface area contributed by atoms with Gasteiger partial charge in [-0.05, 0) is 86.8 Å². The van der Waals surface area contributed by atoms with Crippen LogP contribution in [0.25, 0.3) is 43.3 Å². The number of fused-ring (bicyclic) bond motifs is 1. The van der Waals surface area contributed by atoms with Crippen LogP contribution in [0.3, 0.4) is 0 Å². The molecule has 0 atom stereocenters. The molecule has 0 bridgehead atoms. The lowest BCUT2D eigenvalue weighted by molar-refractivity contribution is 0.305.